The van der Waals surface area contributed by atoms with Crippen LogP contribution in [0.25, 0.3) is 32.3 Å². The van der Waals surface area contributed by atoms with E-state index in [1.54, 1.807) is 48.5 Å². The largest absolute Gasteiger partial charge is 0.288 e. The van der Waals surface area contributed by atoms with E-state index in [0.717, 1.165) is 0 Å². The lowest BCUT2D eigenvalue weighted by molar-refractivity contribution is 0.0826. The molecule has 132 valence electrons. The van der Waals surface area contributed by atoms with Crippen molar-refractivity contribution in [1.82, 2.24) is 10.6 Å². The highest BCUT2D eigenvalue weighted by atomic mass is 16.2. The van der Waals surface area contributed by atoms with Crippen molar-refractivity contribution in [3.8, 4) is 0 Å². The van der Waals surface area contributed by atoms with Crippen LogP contribution in [0.2, 0.25) is 0 Å². The van der Waals surface area contributed by atoms with Gasteiger partial charge in [-0.2, -0.15) is 0 Å². The molecule has 4 aromatic carbocycles. The topological polar surface area (TPSA) is 92.3 Å². The Morgan fingerprint density at radius 2 is 0.679 bits per heavy atom. The van der Waals surface area contributed by atoms with Crippen LogP contribution in [0.1, 0.15) is 41.4 Å². The molecule has 0 bridgehead atoms. The fraction of sp³-hybridized carbons (Fsp3) is 0. The highest BCUT2D eigenvalue weighted by Crippen LogP contribution is 2.43. The minimum Gasteiger partial charge on any atom is -0.288 e. The molecule has 2 aliphatic rings. The number of carbonyl (C=O) groups excluding carboxylic acids is 4. The van der Waals surface area contributed by atoms with Crippen LogP contribution in [0, 0.1) is 0 Å². The van der Waals surface area contributed by atoms with Crippen molar-refractivity contribution in [2.24, 2.45) is 0 Å². The van der Waals surface area contributed by atoms with Gasteiger partial charge in [0.2, 0.25) is 0 Å². The van der Waals surface area contributed by atoms with Gasteiger partial charge in [-0.1, -0.05) is 48.5 Å². The smallest absolute Gasteiger partial charge is 0.259 e. The summed E-state index contributed by atoms with van der Waals surface area (Å²) in [6.45, 7) is 0. The van der Waals surface area contributed by atoms with E-state index < -0.39 is 23.6 Å². The van der Waals surface area contributed by atoms with Gasteiger partial charge in [0.15, 0.2) is 0 Å². The van der Waals surface area contributed by atoms with Crippen molar-refractivity contribution < 1.29 is 19.2 Å². The monoisotopic (exact) mass is 366 g/mol. The van der Waals surface area contributed by atoms with Gasteiger partial charge in [0.25, 0.3) is 23.6 Å². The molecule has 6 nitrogen and oxygen atoms in total. The predicted octanol–water partition coefficient (Wildman–Crippen LogP) is 2.91. The second-order valence-electron chi connectivity index (χ2n) is 6.91. The molecule has 2 heterocycles. The lowest BCUT2D eigenvalue weighted by Gasteiger charge is -2.27. The molecule has 0 aromatic heterocycles. The molecule has 6 rings (SSSR count). The van der Waals surface area contributed by atoms with Crippen molar-refractivity contribution in [2.75, 3.05) is 0 Å². The number of hydrogen-bond acceptors (Lipinski definition) is 4. The van der Waals surface area contributed by atoms with Gasteiger partial charge in [-0.05, 0) is 21.5 Å². The maximum absolute atomic E-state index is 12.8. The Morgan fingerprint density at radius 3 is 0.929 bits per heavy atom. The summed E-state index contributed by atoms with van der Waals surface area (Å²) < 4.78 is 0. The molecular formula is C22H10N2O4. The molecular weight excluding hydrogens is 356 g/mol. The van der Waals surface area contributed by atoms with E-state index in [1.165, 1.54) is 0 Å². The average Bonchev–Trinajstić information content (AvgIpc) is 2.68. The van der Waals surface area contributed by atoms with Crippen LogP contribution < -0.4 is 10.6 Å². The highest BCUT2D eigenvalue weighted by Gasteiger charge is 2.37. The first-order valence-corrected chi connectivity index (χ1v) is 8.72. The van der Waals surface area contributed by atoms with E-state index >= 15 is 0 Å². The predicted molar refractivity (Wildman–Crippen MR) is 103 cm³/mol. The zero-order valence-corrected chi connectivity index (χ0v) is 14.3. The minimum atomic E-state index is -0.528. The maximum Gasteiger partial charge on any atom is 0.259 e. The summed E-state index contributed by atoms with van der Waals surface area (Å²) in [6, 6.07) is 14.1. The summed E-state index contributed by atoms with van der Waals surface area (Å²) in [5.74, 6) is -2.11. The van der Waals surface area contributed by atoms with Gasteiger partial charge < -0.3 is 0 Å². The minimum absolute atomic E-state index is 0.318. The van der Waals surface area contributed by atoms with Gasteiger partial charge in [0, 0.05) is 10.8 Å². The van der Waals surface area contributed by atoms with Crippen molar-refractivity contribution >= 4 is 55.9 Å². The van der Waals surface area contributed by atoms with Crippen LogP contribution >= 0.6 is 0 Å². The van der Waals surface area contributed by atoms with Crippen molar-refractivity contribution in [3.05, 3.63) is 70.8 Å². The van der Waals surface area contributed by atoms with Gasteiger partial charge in [0.1, 0.15) is 0 Å². The number of nitrogens with one attached hydrogen (secondary N) is 2. The van der Waals surface area contributed by atoms with Crippen molar-refractivity contribution in [2.45, 2.75) is 0 Å². The van der Waals surface area contributed by atoms with Gasteiger partial charge >= 0.3 is 0 Å². The van der Waals surface area contributed by atoms with E-state index in [4.69, 9.17) is 0 Å². The molecule has 4 amide bonds. The average molecular weight is 366 g/mol. The van der Waals surface area contributed by atoms with Crippen molar-refractivity contribution in [3.63, 3.8) is 0 Å². The highest BCUT2D eigenvalue weighted by molar-refractivity contribution is 6.43. The molecule has 0 atom stereocenters. The number of fused-ring (bicyclic) bond motifs is 6. The van der Waals surface area contributed by atoms with E-state index in [-0.39, 0.29) is 0 Å². The zero-order chi connectivity index (χ0) is 19.2. The Bertz CT molecular complexity index is 1270. The second kappa shape index (κ2) is 4.80. The lowest BCUT2D eigenvalue weighted by atomic mass is 9.80. The molecule has 0 saturated heterocycles. The number of imide groups is 2. The van der Waals surface area contributed by atoms with Crippen LogP contribution in [0.15, 0.2) is 48.5 Å². The van der Waals surface area contributed by atoms with Crippen LogP contribution in [0.3, 0.4) is 0 Å². The summed E-state index contributed by atoms with van der Waals surface area (Å²) >= 11 is 0. The Labute approximate surface area is 157 Å². The molecule has 0 aliphatic carbocycles. The molecule has 0 fully saturated rings. The fourth-order valence-corrected chi connectivity index (χ4v) is 4.53. The summed E-state index contributed by atoms with van der Waals surface area (Å²) in [4.78, 5) is 51.2. The second-order valence-corrected chi connectivity index (χ2v) is 6.91. The Balaban J connectivity index is 2.09. The van der Waals surface area contributed by atoms with Crippen LogP contribution in [-0.4, -0.2) is 23.6 Å². The summed E-state index contributed by atoms with van der Waals surface area (Å²) in [5.41, 5.74) is 1.27. The molecule has 6 heteroatoms. The zero-order valence-electron chi connectivity index (χ0n) is 14.3. The van der Waals surface area contributed by atoms with Crippen LogP contribution in [0.5, 0.6) is 0 Å². The van der Waals surface area contributed by atoms with E-state index in [0.29, 0.717) is 54.6 Å². The summed E-state index contributed by atoms with van der Waals surface area (Å²) in [7, 11) is 0. The summed E-state index contributed by atoms with van der Waals surface area (Å²) in [5, 5.41) is 7.86. The number of amides is 4. The van der Waals surface area contributed by atoms with Crippen LogP contribution in [-0.2, 0) is 0 Å². The first-order chi connectivity index (χ1) is 13.6. The van der Waals surface area contributed by atoms with E-state index in [2.05, 4.69) is 10.6 Å². The number of hydrogen-bond donors (Lipinski definition) is 2. The molecule has 2 N–H and O–H groups in total. The maximum atomic E-state index is 12.8. The molecule has 0 unspecified atom stereocenters. The van der Waals surface area contributed by atoms with E-state index in [1.807, 2.05) is 0 Å². The van der Waals surface area contributed by atoms with Crippen molar-refractivity contribution in [1.29, 1.82) is 0 Å². The quantitative estimate of drug-likeness (QED) is 0.370. The first-order valence-electron chi connectivity index (χ1n) is 8.72. The van der Waals surface area contributed by atoms with Gasteiger partial charge in [0.05, 0.1) is 22.3 Å². The molecule has 0 radical (unpaired) electrons. The van der Waals surface area contributed by atoms with Gasteiger partial charge in [-0.25, -0.2) is 0 Å². The SMILES string of the molecule is O=C1NC(=O)c2c3ccccc3c3c4c(c5ccccc5c1c24)C(=O)NC3=O. The standard InChI is InChI=1S/C22H10N2O4/c25-19-13-9-5-1-2-6-10(9)14-18-16(22(28)24-20(14)26)12-8-4-3-7-11(12)15(17(13)18)21(27)23-19/h1-8H,(H,23,25,27)(H,24,26,28). The summed E-state index contributed by atoms with van der Waals surface area (Å²) in [6.07, 6.45) is 0. The third-order valence-corrected chi connectivity index (χ3v) is 5.54. The Hall–Kier alpha value is -4.06. The molecule has 0 spiro atoms. The molecule has 0 saturated carbocycles. The first kappa shape index (κ1) is 15.0. The third-order valence-electron chi connectivity index (χ3n) is 5.54. The lowest BCUT2D eigenvalue weighted by Crippen LogP contribution is -2.39. The number of benzene rings is 4. The van der Waals surface area contributed by atoms with Crippen LogP contribution in [0.4, 0.5) is 0 Å². The van der Waals surface area contributed by atoms with Gasteiger partial charge in [-0.3, -0.25) is 29.8 Å². The van der Waals surface area contributed by atoms with Gasteiger partial charge in [-0.15, -0.1) is 0 Å². The molecule has 2 aliphatic heterocycles. The normalized spacial score (nSPS) is 15.3. The third kappa shape index (κ3) is 1.58. The number of rotatable bonds is 0. The molecule has 28 heavy (non-hydrogen) atoms. The molecule has 4 aromatic rings. The Morgan fingerprint density at radius 1 is 0.429 bits per heavy atom. The fourth-order valence-electron chi connectivity index (χ4n) is 4.53. The number of carbonyl (C=O) groups is 4. The Kier molecular flexibility index (Phi) is 2.58. The van der Waals surface area contributed by atoms with E-state index in [9.17, 15) is 19.2 Å².